The van der Waals surface area contributed by atoms with Crippen LogP contribution in [0.25, 0.3) is 5.70 Å². The second-order valence-corrected chi connectivity index (χ2v) is 8.73. The van der Waals surface area contributed by atoms with E-state index in [2.05, 4.69) is 15.5 Å². The fourth-order valence-corrected chi connectivity index (χ4v) is 3.58. The molecule has 0 fully saturated rings. The summed E-state index contributed by atoms with van der Waals surface area (Å²) in [5.74, 6) is -0.722. The van der Waals surface area contributed by atoms with E-state index in [1.165, 1.54) is 24.3 Å². The number of rotatable bonds is 4. The Balaban J connectivity index is 2.04. The number of nitrogens with one attached hydrogen (secondary N) is 1. The number of benzene rings is 2. The van der Waals surface area contributed by atoms with Crippen molar-refractivity contribution < 1.29 is 13.2 Å². The zero-order valence-electron chi connectivity index (χ0n) is 15.5. The van der Waals surface area contributed by atoms with Crippen molar-refractivity contribution in [3.05, 3.63) is 65.4 Å². The van der Waals surface area contributed by atoms with Crippen LogP contribution in [0.1, 0.15) is 25.0 Å². The topological polar surface area (TPSA) is 140 Å². The summed E-state index contributed by atoms with van der Waals surface area (Å²) in [4.78, 5) is 12.1. The summed E-state index contributed by atoms with van der Waals surface area (Å²) in [5.41, 5.74) is 8.07. The third-order valence-electron chi connectivity index (χ3n) is 4.28. The van der Waals surface area contributed by atoms with Gasteiger partial charge in [-0.2, -0.15) is 5.11 Å². The second-order valence-electron chi connectivity index (χ2n) is 7.17. The Morgan fingerprint density at radius 1 is 1.11 bits per heavy atom. The summed E-state index contributed by atoms with van der Waals surface area (Å²) in [7, 11) is -3.79. The molecular weight excluding hydrogens is 378 g/mol. The maximum absolute atomic E-state index is 12.1. The number of hydrogen-bond donors (Lipinski definition) is 3. The lowest BCUT2D eigenvalue weighted by Crippen LogP contribution is -2.44. The van der Waals surface area contributed by atoms with Gasteiger partial charge in [-0.1, -0.05) is 24.3 Å². The number of azo groups is 1. The minimum Gasteiger partial charge on any atom is -0.377 e. The number of amides is 1. The lowest BCUT2D eigenvalue weighted by molar-refractivity contribution is -0.114. The number of carbonyl (C=O) groups excluding carboxylic acids is 1. The zero-order valence-corrected chi connectivity index (χ0v) is 16.3. The van der Waals surface area contributed by atoms with Gasteiger partial charge < -0.3 is 11.1 Å². The molecule has 0 aliphatic carbocycles. The SMILES string of the molecule is CC1(C)Cc2ccccc2/C(=C(\N=N\c2ccc(S(N)(=O)=O)cc2)C(N)=O)N1. The summed E-state index contributed by atoms with van der Waals surface area (Å²) in [5, 5.41) is 16.5. The predicted molar refractivity (Wildman–Crippen MR) is 106 cm³/mol. The Labute approximate surface area is 163 Å². The summed E-state index contributed by atoms with van der Waals surface area (Å²) < 4.78 is 22.7. The third-order valence-corrected chi connectivity index (χ3v) is 5.21. The minimum absolute atomic E-state index is 0.00394. The maximum atomic E-state index is 12.1. The van der Waals surface area contributed by atoms with E-state index in [1.807, 2.05) is 38.1 Å². The first-order chi connectivity index (χ1) is 13.1. The fourth-order valence-electron chi connectivity index (χ4n) is 3.06. The van der Waals surface area contributed by atoms with Gasteiger partial charge in [0.2, 0.25) is 10.0 Å². The molecule has 8 nitrogen and oxygen atoms in total. The molecule has 0 atom stereocenters. The minimum atomic E-state index is -3.79. The number of carbonyl (C=O) groups is 1. The van der Waals surface area contributed by atoms with Gasteiger partial charge in [0.05, 0.1) is 16.3 Å². The lowest BCUT2D eigenvalue weighted by atomic mass is 9.85. The molecule has 0 aromatic heterocycles. The molecule has 2 aromatic rings. The molecule has 1 heterocycles. The van der Waals surface area contributed by atoms with Gasteiger partial charge in [-0.05, 0) is 50.1 Å². The number of nitrogens with two attached hydrogens (primary N) is 2. The van der Waals surface area contributed by atoms with Crippen LogP contribution in [0.2, 0.25) is 0 Å². The average molecular weight is 399 g/mol. The number of primary amides is 1. The number of hydrogen-bond acceptors (Lipinski definition) is 6. The molecule has 1 aliphatic rings. The van der Waals surface area contributed by atoms with Gasteiger partial charge in [-0.3, -0.25) is 4.79 Å². The van der Waals surface area contributed by atoms with E-state index in [1.54, 1.807) is 0 Å². The van der Waals surface area contributed by atoms with E-state index in [-0.39, 0.29) is 16.1 Å². The first-order valence-corrected chi connectivity index (χ1v) is 10.1. The highest BCUT2D eigenvalue weighted by Crippen LogP contribution is 2.32. The van der Waals surface area contributed by atoms with Gasteiger partial charge in [-0.25, -0.2) is 13.6 Å². The summed E-state index contributed by atoms with van der Waals surface area (Å²) >= 11 is 0. The highest BCUT2D eigenvalue weighted by atomic mass is 32.2. The van der Waals surface area contributed by atoms with Gasteiger partial charge in [0.25, 0.3) is 5.91 Å². The maximum Gasteiger partial charge on any atom is 0.271 e. The number of fused-ring (bicyclic) bond motifs is 1. The zero-order chi connectivity index (χ0) is 20.5. The lowest BCUT2D eigenvalue weighted by Gasteiger charge is -2.35. The molecule has 3 rings (SSSR count). The normalized spacial score (nSPS) is 17.7. The van der Waals surface area contributed by atoms with E-state index in [9.17, 15) is 13.2 Å². The third kappa shape index (κ3) is 4.26. The fraction of sp³-hybridized carbons (Fsp3) is 0.211. The Morgan fingerprint density at radius 2 is 1.75 bits per heavy atom. The van der Waals surface area contributed by atoms with Crippen molar-refractivity contribution >= 4 is 27.3 Å². The molecule has 146 valence electrons. The van der Waals surface area contributed by atoms with Crippen LogP contribution in [-0.2, 0) is 21.2 Å². The van der Waals surface area contributed by atoms with Gasteiger partial charge in [0, 0.05) is 11.1 Å². The standard InChI is InChI=1S/C19H21N5O3S/c1-19(2)11-12-5-3-4-6-15(12)16(22-19)17(18(20)25)24-23-13-7-9-14(10-8-13)28(21,26)27/h3-10,22H,11H2,1-2H3,(H2,20,25)(H2,21,26,27)/b17-16+,24-23+. The van der Waals surface area contributed by atoms with E-state index in [0.29, 0.717) is 11.4 Å². The molecule has 0 saturated carbocycles. The molecule has 1 amide bonds. The smallest absolute Gasteiger partial charge is 0.271 e. The summed E-state index contributed by atoms with van der Waals surface area (Å²) in [6.45, 7) is 4.04. The van der Waals surface area contributed by atoms with Crippen LogP contribution in [-0.4, -0.2) is 19.9 Å². The van der Waals surface area contributed by atoms with E-state index < -0.39 is 15.9 Å². The van der Waals surface area contributed by atoms with E-state index in [0.717, 1.165) is 17.5 Å². The number of primary sulfonamides is 1. The van der Waals surface area contributed by atoms with Crippen LogP contribution in [0.15, 0.2) is 69.4 Å². The van der Waals surface area contributed by atoms with Crippen LogP contribution in [0, 0.1) is 0 Å². The molecule has 5 N–H and O–H groups in total. The van der Waals surface area contributed by atoms with Crippen LogP contribution in [0.5, 0.6) is 0 Å². The largest absolute Gasteiger partial charge is 0.377 e. The molecule has 28 heavy (non-hydrogen) atoms. The summed E-state index contributed by atoms with van der Waals surface area (Å²) in [6, 6.07) is 13.2. The van der Waals surface area contributed by atoms with Crippen LogP contribution < -0.4 is 16.2 Å². The van der Waals surface area contributed by atoms with Crippen molar-refractivity contribution in [1.82, 2.24) is 5.32 Å². The quantitative estimate of drug-likeness (QED) is 0.535. The van der Waals surface area contributed by atoms with Crippen molar-refractivity contribution in [3.63, 3.8) is 0 Å². The highest BCUT2D eigenvalue weighted by Gasteiger charge is 2.30. The van der Waals surface area contributed by atoms with Crippen molar-refractivity contribution in [3.8, 4) is 0 Å². The molecular formula is C19H21N5O3S. The monoisotopic (exact) mass is 399 g/mol. The van der Waals surface area contributed by atoms with Crippen LogP contribution in [0.3, 0.4) is 0 Å². The molecule has 0 bridgehead atoms. The highest BCUT2D eigenvalue weighted by molar-refractivity contribution is 7.89. The average Bonchev–Trinajstić information content (AvgIpc) is 2.60. The van der Waals surface area contributed by atoms with E-state index in [4.69, 9.17) is 10.9 Å². The second kappa shape index (κ2) is 7.17. The van der Waals surface area contributed by atoms with Crippen molar-refractivity contribution in [1.29, 1.82) is 0 Å². The Kier molecular flexibility index (Phi) is 5.05. The molecule has 0 spiro atoms. The predicted octanol–water partition coefficient (Wildman–Crippen LogP) is 2.20. The molecule has 0 unspecified atom stereocenters. The Bertz CT molecular complexity index is 1090. The Morgan fingerprint density at radius 3 is 2.36 bits per heavy atom. The molecule has 0 saturated heterocycles. The van der Waals surface area contributed by atoms with E-state index >= 15 is 0 Å². The van der Waals surface area contributed by atoms with Gasteiger partial charge in [0.1, 0.15) is 0 Å². The number of nitrogens with zero attached hydrogens (tertiary/aromatic N) is 2. The Hall–Kier alpha value is -3.04. The van der Waals surface area contributed by atoms with Gasteiger partial charge in [-0.15, -0.1) is 5.11 Å². The van der Waals surface area contributed by atoms with Crippen LogP contribution >= 0.6 is 0 Å². The van der Waals surface area contributed by atoms with Crippen molar-refractivity contribution in [2.24, 2.45) is 21.1 Å². The molecule has 2 aromatic carbocycles. The molecule has 0 radical (unpaired) electrons. The van der Waals surface area contributed by atoms with Gasteiger partial charge in [0.15, 0.2) is 5.70 Å². The first kappa shape index (κ1) is 19.7. The van der Waals surface area contributed by atoms with Crippen molar-refractivity contribution in [2.75, 3.05) is 0 Å². The van der Waals surface area contributed by atoms with Crippen LogP contribution in [0.4, 0.5) is 5.69 Å². The molecule has 1 aliphatic heterocycles. The van der Waals surface area contributed by atoms with Gasteiger partial charge >= 0.3 is 0 Å². The molecule has 9 heteroatoms. The summed E-state index contributed by atoms with van der Waals surface area (Å²) in [6.07, 6.45) is 0.783. The first-order valence-electron chi connectivity index (χ1n) is 8.52. The van der Waals surface area contributed by atoms with Crippen molar-refractivity contribution in [2.45, 2.75) is 30.7 Å². The number of sulfonamides is 1.